The van der Waals surface area contributed by atoms with Crippen molar-refractivity contribution in [1.29, 1.82) is 0 Å². The highest BCUT2D eigenvalue weighted by molar-refractivity contribution is 7.91. The third kappa shape index (κ3) is 3.28. The lowest BCUT2D eigenvalue weighted by Gasteiger charge is -2.20. The third-order valence-corrected chi connectivity index (χ3v) is 5.79. The van der Waals surface area contributed by atoms with Gasteiger partial charge in [-0.25, -0.2) is 8.42 Å². The smallest absolute Gasteiger partial charge is 0.255 e. The Morgan fingerprint density at radius 3 is 2.62 bits per heavy atom. The maximum Gasteiger partial charge on any atom is 0.255 e. The van der Waals surface area contributed by atoms with Crippen molar-refractivity contribution in [3.05, 3.63) is 53.6 Å². The Bertz CT molecular complexity index is 857. The minimum absolute atomic E-state index is 0.0338. The van der Waals surface area contributed by atoms with E-state index in [-0.39, 0.29) is 16.6 Å². The predicted molar refractivity (Wildman–Crippen MR) is 92.4 cm³/mol. The normalized spacial score (nSPS) is 13.7. The third-order valence-electron chi connectivity index (χ3n) is 4.04. The number of benzene rings is 2. The zero-order valence-corrected chi connectivity index (χ0v) is 14.2. The van der Waals surface area contributed by atoms with Gasteiger partial charge in [0.15, 0.2) is 9.84 Å². The van der Waals surface area contributed by atoms with Crippen molar-refractivity contribution in [1.82, 2.24) is 0 Å². The zero-order chi connectivity index (χ0) is 17.2. The topological polar surface area (TPSA) is 72.5 Å². The molecule has 0 unspecified atom stereocenters. The number of sulfone groups is 1. The van der Waals surface area contributed by atoms with E-state index in [1.807, 2.05) is 12.1 Å². The van der Waals surface area contributed by atoms with Crippen LogP contribution in [0, 0.1) is 0 Å². The molecule has 6 heteroatoms. The Balaban J connectivity index is 1.81. The number of carbonyl (C=O) groups excluding carboxylic acids is 1. The molecular weight excluding hydrogens is 326 g/mol. The Hall–Kier alpha value is -2.34. The molecule has 0 saturated carbocycles. The Labute approximate surface area is 141 Å². The van der Waals surface area contributed by atoms with Crippen LogP contribution in [0.15, 0.2) is 47.4 Å². The highest BCUT2D eigenvalue weighted by Gasteiger charge is 2.17. The number of fused-ring (bicyclic) bond motifs is 1. The van der Waals surface area contributed by atoms with E-state index in [1.54, 1.807) is 13.0 Å². The summed E-state index contributed by atoms with van der Waals surface area (Å²) in [5, 5.41) is 2.85. The van der Waals surface area contributed by atoms with Crippen LogP contribution in [-0.2, 0) is 16.3 Å². The molecule has 1 N–H and O–H groups in total. The van der Waals surface area contributed by atoms with E-state index in [2.05, 4.69) is 5.32 Å². The fourth-order valence-corrected chi connectivity index (χ4v) is 3.55. The number of hydrogen-bond acceptors (Lipinski definition) is 4. The van der Waals surface area contributed by atoms with E-state index in [1.165, 1.54) is 24.3 Å². The molecule has 5 nitrogen and oxygen atoms in total. The number of carbonyl (C=O) groups is 1. The van der Waals surface area contributed by atoms with Crippen LogP contribution in [-0.4, -0.2) is 26.7 Å². The maximum atomic E-state index is 12.4. The predicted octanol–water partition coefficient (Wildman–Crippen LogP) is 3.06. The van der Waals surface area contributed by atoms with E-state index in [4.69, 9.17) is 4.74 Å². The van der Waals surface area contributed by atoms with E-state index in [9.17, 15) is 13.2 Å². The second kappa shape index (κ2) is 6.65. The molecule has 1 aliphatic heterocycles. The molecule has 0 fully saturated rings. The standard InChI is InChI=1S/C18H19NO4S/c1-2-24(21,22)15-10-8-14(9-11-15)18(20)19-16-7-3-5-13-6-4-12-23-17(13)16/h3,5,7-11H,2,4,6,12H2,1H3,(H,19,20). The van der Waals surface area contributed by atoms with Crippen LogP contribution in [0.25, 0.3) is 0 Å². The summed E-state index contributed by atoms with van der Waals surface area (Å²) in [5.41, 5.74) is 2.13. The van der Waals surface area contributed by atoms with Crippen molar-refractivity contribution in [3.8, 4) is 5.75 Å². The van der Waals surface area contributed by atoms with Crippen molar-refractivity contribution in [2.24, 2.45) is 0 Å². The van der Waals surface area contributed by atoms with Crippen molar-refractivity contribution in [3.63, 3.8) is 0 Å². The number of ether oxygens (including phenoxy) is 1. The molecule has 126 valence electrons. The van der Waals surface area contributed by atoms with Gasteiger partial charge < -0.3 is 10.1 Å². The highest BCUT2D eigenvalue weighted by Crippen LogP contribution is 2.33. The van der Waals surface area contributed by atoms with E-state index in [0.717, 1.165) is 24.2 Å². The molecule has 0 aliphatic carbocycles. The molecule has 3 rings (SSSR count). The summed E-state index contributed by atoms with van der Waals surface area (Å²) in [6, 6.07) is 11.7. The average molecular weight is 345 g/mol. The molecule has 0 radical (unpaired) electrons. The fraction of sp³-hybridized carbons (Fsp3) is 0.278. The highest BCUT2D eigenvalue weighted by atomic mass is 32.2. The molecule has 1 heterocycles. The van der Waals surface area contributed by atoms with E-state index < -0.39 is 9.84 Å². The van der Waals surface area contributed by atoms with Gasteiger partial charge in [0, 0.05) is 5.56 Å². The molecule has 0 bridgehead atoms. The number of nitrogens with one attached hydrogen (secondary N) is 1. The number of amides is 1. The average Bonchev–Trinajstić information content (AvgIpc) is 2.62. The number of anilines is 1. The van der Waals surface area contributed by atoms with Gasteiger partial charge in [0.2, 0.25) is 0 Å². The first-order valence-corrected chi connectivity index (χ1v) is 9.55. The lowest BCUT2D eigenvalue weighted by molar-refractivity contribution is 0.102. The van der Waals surface area contributed by atoms with Gasteiger partial charge in [-0.3, -0.25) is 4.79 Å². The van der Waals surface area contributed by atoms with Crippen LogP contribution >= 0.6 is 0 Å². The lowest BCUT2D eigenvalue weighted by atomic mass is 10.1. The molecule has 0 spiro atoms. The molecule has 0 saturated heterocycles. The molecule has 2 aromatic carbocycles. The number of aryl methyl sites for hydroxylation is 1. The molecule has 1 aliphatic rings. The van der Waals surface area contributed by atoms with Crippen molar-refractivity contribution in [2.75, 3.05) is 17.7 Å². The fourth-order valence-electron chi connectivity index (χ4n) is 2.66. The van der Waals surface area contributed by atoms with Gasteiger partial charge in [-0.2, -0.15) is 0 Å². The van der Waals surface area contributed by atoms with Crippen LogP contribution in [0.1, 0.15) is 29.3 Å². The summed E-state index contributed by atoms with van der Waals surface area (Å²) < 4.78 is 29.3. The molecule has 0 atom stereocenters. The van der Waals surface area contributed by atoms with E-state index in [0.29, 0.717) is 17.9 Å². The van der Waals surface area contributed by atoms with Gasteiger partial charge in [-0.1, -0.05) is 19.1 Å². The minimum Gasteiger partial charge on any atom is -0.491 e. The first-order valence-electron chi connectivity index (χ1n) is 7.90. The number of hydrogen-bond donors (Lipinski definition) is 1. The van der Waals surface area contributed by atoms with Crippen molar-refractivity contribution >= 4 is 21.4 Å². The van der Waals surface area contributed by atoms with Gasteiger partial charge in [-0.15, -0.1) is 0 Å². The van der Waals surface area contributed by atoms with Crippen LogP contribution < -0.4 is 10.1 Å². The summed E-state index contributed by atoms with van der Waals surface area (Å²) in [7, 11) is -3.26. The second-order valence-electron chi connectivity index (χ2n) is 5.63. The lowest BCUT2D eigenvalue weighted by Crippen LogP contribution is -2.16. The van der Waals surface area contributed by atoms with Gasteiger partial charge >= 0.3 is 0 Å². The Morgan fingerprint density at radius 2 is 1.92 bits per heavy atom. The van der Waals surface area contributed by atoms with Crippen LogP contribution in [0.5, 0.6) is 5.75 Å². The first-order chi connectivity index (χ1) is 11.5. The summed E-state index contributed by atoms with van der Waals surface area (Å²) >= 11 is 0. The van der Waals surface area contributed by atoms with Crippen LogP contribution in [0.4, 0.5) is 5.69 Å². The van der Waals surface area contributed by atoms with Crippen LogP contribution in [0.2, 0.25) is 0 Å². The molecular formula is C18H19NO4S. The van der Waals surface area contributed by atoms with Crippen LogP contribution in [0.3, 0.4) is 0 Å². The summed E-state index contributed by atoms with van der Waals surface area (Å²) in [4.78, 5) is 12.6. The van der Waals surface area contributed by atoms with Gasteiger partial charge in [0.25, 0.3) is 5.91 Å². The number of para-hydroxylation sites is 1. The number of rotatable bonds is 4. The molecule has 2 aromatic rings. The maximum absolute atomic E-state index is 12.4. The van der Waals surface area contributed by atoms with Gasteiger partial charge in [0.05, 0.1) is 22.9 Å². The monoisotopic (exact) mass is 345 g/mol. The first kappa shape index (κ1) is 16.5. The summed E-state index contributed by atoms with van der Waals surface area (Å²) in [5.74, 6) is 0.465. The molecule has 24 heavy (non-hydrogen) atoms. The van der Waals surface area contributed by atoms with Gasteiger partial charge in [-0.05, 0) is 48.7 Å². The second-order valence-corrected chi connectivity index (χ2v) is 7.91. The SMILES string of the molecule is CCS(=O)(=O)c1ccc(C(=O)Nc2cccc3c2OCCC3)cc1. The summed E-state index contributed by atoms with van der Waals surface area (Å²) in [6.45, 7) is 2.23. The quantitative estimate of drug-likeness (QED) is 0.924. The summed E-state index contributed by atoms with van der Waals surface area (Å²) in [6.07, 6.45) is 1.90. The zero-order valence-electron chi connectivity index (χ0n) is 13.4. The molecule has 0 aromatic heterocycles. The Morgan fingerprint density at radius 1 is 1.17 bits per heavy atom. The van der Waals surface area contributed by atoms with E-state index >= 15 is 0 Å². The Kier molecular flexibility index (Phi) is 4.57. The van der Waals surface area contributed by atoms with Crippen molar-refractivity contribution < 1.29 is 17.9 Å². The largest absolute Gasteiger partial charge is 0.491 e. The van der Waals surface area contributed by atoms with Crippen molar-refractivity contribution in [2.45, 2.75) is 24.7 Å². The minimum atomic E-state index is -3.26. The van der Waals surface area contributed by atoms with Gasteiger partial charge in [0.1, 0.15) is 5.75 Å². The molecule has 1 amide bonds.